The maximum atomic E-state index is 12.6. The predicted octanol–water partition coefficient (Wildman–Crippen LogP) is 1.36. The molecule has 0 N–H and O–H groups in total. The molecule has 0 aliphatic rings. The Bertz CT molecular complexity index is 958. The maximum absolute atomic E-state index is 12.6. The van der Waals surface area contributed by atoms with E-state index in [0.717, 1.165) is 4.57 Å². The van der Waals surface area contributed by atoms with Crippen molar-refractivity contribution in [2.75, 3.05) is 14.2 Å². The summed E-state index contributed by atoms with van der Waals surface area (Å²) in [5, 5.41) is 0.292. The quantitative estimate of drug-likeness (QED) is 0.726. The zero-order valence-corrected chi connectivity index (χ0v) is 11.9. The molecule has 1 aromatic carbocycles. The Labute approximate surface area is 124 Å². The van der Waals surface area contributed by atoms with Crippen LogP contribution in [0.1, 0.15) is 0 Å². The van der Waals surface area contributed by atoms with Crippen LogP contribution in [0.2, 0.25) is 0 Å². The van der Waals surface area contributed by atoms with Crippen LogP contribution < -0.4 is 20.8 Å². The summed E-state index contributed by atoms with van der Waals surface area (Å²) in [5.41, 5.74) is -0.0842. The number of para-hydroxylation sites is 1. The molecule has 0 unspecified atom stereocenters. The number of ether oxygens (including phenoxy) is 2. The van der Waals surface area contributed by atoms with Crippen molar-refractivity contribution in [3.8, 4) is 17.4 Å². The normalized spacial score (nSPS) is 10.6. The minimum Gasteiger partial charge on any atom is -0.481 e. The van der Waals surface area contributed by atoms with Crippen LogP contribution in [0.3, 0.4) is 0 Å². The van der Waals surface area contributed by atoms with E-state index in [9.17, 15) is 9.59 Å². The summed E-state index contributed by atoms with van der Waals surface area (Å²) in [6.45, 7) is 0. The zero-order valence-electron chi connectivity index (χ0n) is 11.9. The summed E-state index contributed by atoms with van der Waals surface area (Å²) in [4.78, 5) is 28.8. The van der Waals surface area contributed by atoms with E-state index in [0.29, 0.717) is 11.3 Å². The van der Waals surface area contributed by atoms with Crippen molar-refractivity contribution in [2.45, 2.75) is 0 Å². The number of fused-ring (bicyclic) bond motifs is 1. The molecule has 7 nitrogen and oxygen atoms in total. The highest BCUT2D eigenvalue weighted by Crippen LogP contribution is 2.22. The molecule has 0 radical (unpaired) electrons. The first-order chi connectivity index (χ1) is 10.7. The molecule has 2 heterocycles. The first kappa shape index (κ1) is 13.9. The summed E-state index contributed by atoms with van der Waals surface area (Å²) < 4.78 is 16.2. The summed E-state index contributed by atoms with van der Waals surface area (Å²) in [6.07, 6.45) is 0. The number of hydrogen-bond donors (Lipinski definition) is 0. The minimum atomic E-state index is -0.811. The molecule has 0 aliphatic heterocycles. The van der Waals surface area contributed by atoms with E-state index in [1.54, 1.807) is 24.3 Å². The Morgan fingerprint density at radius 3 is 2.55 bits per heavy atom. The molecule has 0 saturated heterocycles. The van der Waals surface area contributed by atoms with E-state index in [2.05, 4.69) is 4.98 Å². The van der Waals surface area contributed by atoms with Crippen LogP contribution in [0.5, 0.6) is 11.8 Å². The summed E-state index contributed by atoms with van der Waals surface area (Å²) in [6, 6.07) is 9.56. The number of nitrogens with zero attached hydrogens (tertiary/aromatic N) is 2. The molecule has 7 heteroatoms. The van der Waals surface area contributed by atoms with Crippen molar-refractivity contribution in [1.29, 1.82) is 0 Å². The van der Waals surface area contributed by atoms with Gasteiger partial charge in [0.05, 0.1) is 19.6 Å². The van der Waals surface area contributed by atoms with Crippen molar-refractivity contribution >= 4 is 11.0 Å². The van der Waals surface area contributed by atoms with Crippen molar-refractivity contribution in [1.82, 2.24) is 9.55 Å². The summed E-state index contributed by atoms with van der Waals surface area (Å²) in [5.74, 6) is -0.420. The fourth-order valence-electron chi connectivity index (χ4n) is 2.13. The van der Waals surface area contributed by atoms with E-state index in [4.69, 9.17) is 13.9 Å². The van der Waals surface area contributed by atoms with Crippen LogP contribution in [0.4, 0.5) is 0 Å². The van der Waals surface area contributed by atoms with Gasteiger partial charge in [0.25, 0.3) is 5.56 Å². The Morgan fingerprint density at radius 2 is 1.82 bits per heavy atom. The standard InChI is InChI=1S/C15H12N2O5/c1-20-12-8-7-10(13(16-12)21-2)17-14(18)9-5-3-4-6-11(9)22-15(17)19/h3-8H,1-2H3. The number of benzene rings is 1. The van der Waals surface area contributed by atoms with Gasteiger partial charge in [0.1, 0.15) is 11.3 Å². The molecule has 0 spiro atoms. The first-order valence-corrected chi connectivity index (χ1v) is 6.40. The van der Waals surface area contributed by atoms with E-state index in [1.165, 1.54) is 26.4 Å². The molecule has 22 heavy (non-hydrogen) atoms. The lowest BCUT2D eigenvalue weighted by Crippen LogP contribution is -2.31. The molecule has 0 fully saturated rings. The van der Waals surface area contributed by atoms with Crippen molar-refractivity contribution in [2.24, 2.45) is 0 Å². The third kappa shape index (κ3) is 2.12. The number of hydrogen-bond acceptors (Lipinski definition) is 6. The second kappa shape index (κ2) is 5.36. The number of methoxy groups -OCH3 is 2. The average molecular weight is 300 g/mol. The summed E-state index contributed by atoms with van der Waals surface area (Å²) in [7, 11) is 2.84. The van der Waals surface area contributed by atoms with Crippen LogP contribution in [0.15, 0.2) is 50.4 Å². The van der Waals surface area contributed by atoms with Gasteiger partial charge in [-0.05, 0) is 18.2 Å². The molecule has 3 aromatic rings. The van der Waals surface area contributed by atoms with Crippen LogP contribution in [0, 0.1) is 0 Å². The molecule has 0 saturated carbocycles. The van der Waals surface area contributed by atoms with E-state index in [-0.39, 0.29) is 17.2 Å². The Morgan fingerprint density at radius 1 is 1.05 bits per heavy atom. The van der Waals surface area contributed by atoms with Crippen LogP contribution >= 0.6 is 0 Å². The van der Waals surface area contributed by atoms with E-state index in [1.807, 2.05) is 0 Å². The molecule has 0 bridgehead atoms. The minimum absolute atomic E-state index is 0.0871. The molecule has 0 atom stereocenters. The third-order valence-corrected chi connectivity index (χ3v) is 3.16. The number of pyridine rings is 1. The molecular weight excluding hydrogens is 288 g/mol. The van der Waals surface area contributed by atoms with Gasteiger partial charge in [-0.3, -0.25) is 4.79 Å². The Balaban J connectivity index is 2.36. The highest BCUT2D eigenvalue weighted by Gasteiger charge is 2.16. The molecule has 0 aliphatic carbocycles. The lowest BCUT2D eigenvalue weighted by molar-refractivity contribution is 0.361. The van der Waals surface area contributed by atoms with Crippen molar-refractivity contribution < 1.29 is 13.9 Å². The van der Waals surface area contributed by atoms with Gasteiger partial charge >= 0.3 is 5.76 Å². The zero-order chi connectivity index (χ0) is 15.7. The largest absolute Gasteiger partial charge is 0.481 e. The first-order valence-electron chi connectivity index (χ1n) is 6.40. The van der Waals surface area contributed by atoms with E-state index < -0.39 is 11.3 Å². The maximum Gasteiger partial charge on any atom is 0.427 e. The van der Waals surface area contributed by atoms with Gasteiger partial charge in [0.2, 0.25) is 11.8 Å². The van der Waals surface area contributed by atoms with Crippen LogP contribution in [-0.4, -0.2) is 23.8 Å². The SMILES string of the molecule is COc1ccc(-n2c(=O)oc3ccccc3c2=O)c(OC)n1. The second-order valence-electron chi connectivity index (χ2n) is 4.39. The van der Waals surface area contributed by atoms with Crippen molar-refractivity contribution in [3.05, 3.63) is 57.3 Å². The Kier molecular flexibility index (Phi) is 3.38. The van der Waals surface area contributed by atoms with Gasteiger partial charge < -0.3 is 13.9 Å². The second-order valence-corrected chi connectivity index (χ2v) is 4.39. The fourth-order valence-corrected chi connectivity index (χ4v) is 2.13. The Hall–Kier alpha value is -3.09. The third-order valence-electron chi connectivity index (χ3n) is 3.16. The van der Waals surface area contributed by atoms with Crippen LogP contribution in [0.25, 0.3) is 16.7 Å². The molecule has 0 amide bonds. The van der Waals surface area contributed by atoms with Gasteiger partial charge in [-0.2, -0.15) is 4.98 Å². The summed E-state index contributed by atoms with van der Waals surface area (Å²) >= 11 is 0. The lowest BCUT2D eigenvalue weighted by Gasteiger charge is -2.10. The van der Waals surface area contributed by atoms with Gasteiger partial charge in [-0.15, -0.1) is 0 Å². The topological polar surface area (TPSA) is 83.6 Å². The molecular formula is C15H12N2O5. The molecule has 3 rings (SSSR count). The van der Waals surface area contributed by atoms with E-state index >= 15 is 0 Å². The monoisotopic (exact) mass is 300 g/mol. The number of rotatable bonds is 3. The van der Waals surface area contributed by atoms with Crippen molar-refractivity contribution in [3.63, 3.8) is 0 Å². The molecule has 112 valence electrons. The van der Waals surface area contributed by atoms with Gasteiger partial charge in [-0.25, -0.2) is 9.36 Å². The lowest BCUT2D eigenvalue weighted by atomic mass is 10.2. The molecule has 2 aromatic heterocycles. The fraction of sp³-hybridized carbons (Fsp3) is 0.133. The predicted molar refractivity (Wildman–Crippen MR) is 79.0 cm³/mol. The van der Waals surface area contributed by atoms with Crippen LogP contribution in [-0.2, 0) is 0 Å². The average Bonchev–Trinajstić information content (AvgIpc) is 2.55. The number of aromatic nitrogens is 2. The highest BCUT2D eigenvalue weighted by atomic mass is 16.5. The van der Waals surface area contributed by atoms with Gasteiger partial charge in [-0.1, -0.05) is 12.1 Å². The highest BCUT2D eigenvalue weighted by molar-refractivity contribution is 5.75. The van der Waals surface area contributed by atoms with Gasteiger partial charge in [0.15, 0.2) is 0 Å². The van der Waals surface area contributed by atoms with Gasteiger partial charge in [0, 0.05) is 6.07 Å². The smallest absolute Gasteiger partial charge is 0.427 e.